The molecule has 1 aromatic carbocycles. The molecule has 0 unspecified atom stereocenters. The van der Waals surface area contributed by atoms with Crippen LogP contribution in [0, 0.1) is 11.8 Å². The largest absolute Gasteiger partial charge is 0.495 e. The lowest BCUT2D eigenvalue weighted by Crippen LogP contribution is -2.03. The number of rotatable bonds is 4. The molecule has 0 saturated carbocycles. The third-order valence-electron chi connectivity index (χ3n) is 2.21. The number of methoxy groups -OCH3 is 1. The average Bonchev–Trinajstić information content (AvgIpc) is 2.38. The van der Waals surface area contributed by atoms with Crippen molar-refractivity contribution in [3.05, 3.63) is 29.3 Å². The molecule has 0 bridgehead atoms. The Hall–Kier alpha value is -2.48. The summed E-state index contributed by atoms with van der Waals surface area (Å²) in [5, 5.41) is 9.00. The van der Waals surface area contributed by atoms with E-state index in [4.69, 9.17) is 14.6 Å². The molecule has 0 spiro atoms. The summed E-state index contributed by atoms with van der Waals surface area (Å²) in [5.74, 6) is 4.02. The molecule has 0 amide bonds. The van der Waals surface area contributed by atoms with Gasteiger partial charge in [0.2, 0.25) is 0 Å². The minimum absolute atomic E-state index is 0.0328. The van der Waals surface area contributed by atoms with Crippen LogP contribution >= 0.6 is 0 Å². The number of carbonyl (C=O) groups excluding carboxylic acids is 1. The highest BCUT2D eigenvalue weighted by Crippen LogP contribution is 2.22. The van der Waals surface area contributed by atoms with Crippen molar-refractivity contribution in [1.82, 2.24) is 0 Å². The molecule has 100 valence electrons. The molecular formula is C14H14O5. The van der Waals surface area contributed by atoms with Crippen LogP contribution in [0.25, 0.3) is 0 Å². The predicted octanol–water partition coefficient (Wildman–Crippen LogP) is 1.70. The smallest absolute Gasteiger partial charge is 0.339 e. The fourth-order valence-corrected chi connectivity index (χ4v) is 1.45. The second-order valence-corrected chi connectivity index (χ2v) is 3.48. The Labute approximate surface area is 111 Å². The molecule has 5 nitrogen and oxygen atoms in total. The molecule has 0 aliphatic heterocycles. The van der Waals surface area contributed by atoms with Crippen LogP contribution in [-0.4, -0.2) is 30.8 Å². The van der Waals surface area contributed by atoms with Gasteiger partial charge in [-0.2, -0.15) is 0 Å². The zero-order valence-electron chi connectivity index (χ0n) is 10.7. The summed E-state index contributed by atoms with van der Waals surface area (Å²) in [5.41, 5.74) is 0.456. The Morgan fingerprint density at radius 1 is 1.37 bits per heavy atom. The molecule has 1 rings (SSSR count). The van der Waals surface area contributed by atoms with Gasteiger partial charge in [-0.15, -0.1) is 0 Å². The molecule has 0 aliphatic rings. The lowest BCUT2D eigenvalue weighted by molar-refractivity contribution is -0.141. The lowest BCUT2D eigenvalue weighted by atomic mass is 10.1. The quantitative estimate of drug-likeness (QED) is 0.660. The first kappa shape index (κ1) is 14.6. The van der Waals surface area contributed by atoms with E-state index in [2.05, 4.69) is 11.8 Å². The standard InChI is InChI=1S/C14H14O5/c1-3-19-12(15)9-5-7-10-6-4-8-11(14(16)17)13(10)18-2/h4,6,8H,3,9H2,1-2H3,(H,16,17). The van der Waals surface area contributed by atoms with E-state index in [0.717, 1.165) is 0 Å². The van der Waals surface area contributed by atoms with Crippen LogP contribution in [0.2, 0.25) is 0 Å². The van der Waals surface area contributed by atoms with E-state index >= 15 is 0 Å². The summed E-state index contributed by atoms with van der Waals surface area (Å²) in [7, 11) is 1.37. The molecule has 0 fully saturated rings. The minimum atomic E-state index is -1.09. The molecule has 1 N–H and O–H groups in total. The van der Waals surface area contributed by atoms with Crippen molar-refractivity contribution in [2.45, 2.75) is 13.3 Å². The number of aromatic carboxylic acids is 1. The van der Waals surface area contributed by atoms with Gasteiger partial charge in [0, 0.05) is 0 Å². The van der Waals surface area contributed by atoms with Crippen LogP contribution in [0.4, 0.5) is 0 Å². The summed E-state index contributed by atoms with van der Waals surface area (Å²) < 4.78 is 9.77. The Kier molecular flexibility index (Phi) is 5.42. The van der Waals surface area contributed by atoms with Crippen LogP contribution in [-0.2, 0) is 9.53 Å². The summed E-state index contributed by atoms with van der Waals surface area (Å²) >= 11 is 0. The van der Waals surface area contributed by atoms with E-state index in [1.54, 1.807) is 19.1 Å². The van der Waals surface area contributed by atoms with Crippen molar-refractivity contribution >= 4 is 11.9 Å². The first-order valence-corrected chi connectivity index (χ1v) is 5.65. The third-order valence-corrected chi connectivity index (χ3v) is 2.21. The second kappa shape index (κ2) is 7.07. The van der Waals surface area contributed by atoms with Crippen LogP contribution in [0.1, 0.15) is 29.3 Å². The number of para-hydroxylation sites is 1. The maximum absolute atomic E-state index is 11.1. The first-order valence-electron chi connectivity index (χ1n) is 5.65. The van der Waals surface area contributed by atoms with Gasteiger partial charge in [0.25, 0.3) is 0 Å². The van der Waals surface area contributed by atoms with Crippen molar-refractivity contribution in [2.75, 3.05) is 13.7 Å². The Morgan fingerprint density at radius 2 is 2.11 bits per heavy atom. The fourth-order valence-electron chi connectivity index (χ4n) is 1.45. The Bertz CT molecular complexity index is 537. The summed E-state index contributed by atoms with van der Waals surface area (Å²) in [6.07, 6.45) is -0.0473. The number of hydrogen-bond donors (Lipinski definition) is 1. The van der Waals surface area contributed by atoms with Crippen LogP contribution < -0.4 is 4.74 Å². The number of carbonyl (C=O) groups is 2. The fraction of sp³-hybridized carbons (Fsp3) is 0.286. The predicted molar refractivity (Wildman–Crippen MR) is 68.1 cm³/mol. The summed E-state index contributed by atoms with van der Waals surface area (Å²) in [4.78, 5) is 22.1. The van der Waals surface area contributed by atoms with Gasteiger partial charge in [0.05, 0.1) is 19.3 Å². The number of carboxylic acids is 1. The maximum atomic E-state index is 11.1. The molecule has 0 aliphatic carbocycles. The van der Waals surface area contributed by atoms with Gasteiger partial charge in [-0.3, -0.25) is 4.79 Å². The van der Waals surface area contributed by atoms with Gasteiger partial charge in [-0.05, 0) is 19.1 Å². The van der Waals surface area contributed by atoms with Gasteiger partial charge in [0.1, 0.15) is 17.7 Å². The third kappa shape index (κ3) is 4.03. The van der Waals surface area contributed by atoms with Gasteiger partial charge in [-0.25, -0.2) is 4.79 Å². The highest BCUT2D eigenvalue weighted by molar-refractivity contribution is 5.92. The molecule has 1 aromatic rings. The molecule has 0 aromatic heterocycles. The molecule has 0 saturated heterocycles. The molecule has 0 atom stereocenters. The molecule has 19 heavy (non-hydrogen) atoms. The number of carboxylic acid groups (broad SMARTS) is 1. The number of benzene rings is 1. The first-order chi connectivity index (χ1) is 9.10. The van der Waals surface area contributed by atoms with Crippen LogP contribution in [0.3, 0.4) is 0 Å². The van der Waals surface area contributed by atoms with Crippen molar-refractivity contribution in [3.63, 3.8) is 0 Å². The average molecular weight is 262 g/mol. The summed E-state index contributed by atoms with van der Waals surface area (Å²) in [6.45, 7) is 2.02. The zero-order chi connectivity index (χ0) is 14.3. The highest BCUT2D eigenvalue weighted by atomic mass is 16.5. The molecule has 5 heteroatoms. The van der Waals surface area contributed by atoms with E-state index in [1.165, 1.54) is 13.2 Å². The van der Waals surface area contributed by atoms with Crippen LogP contribution in [0.5, 0.6) is 5.75 Å². The van der Waals surface area contributed by atoms with Crippen molar-refractivity contribution in [3.8, 4) is 17.6 Å². The van der Waals surface area contributed by atoms with Gasteiger partial charge < -0.3 is 14.6 Å². The number of ether oxygens (including phenoxy) is 2. The van der Waals surface area contributed by atoms with E-state index in [9.17, 15) is 9.59 Å². The maximum Gasteiger partial charge on any atom is 0.339 e. The van der Waals surface area contributed by atoms with Crippen LogP contribution in [0.15, 0.2) is 18.2 Å². The van der Waals surface area contributed by atoms with Crippen molar-refractivity contribution in [1.29, 1.82) is 0 Å². The molecule has 0 radical (unpaired) electrons. The van der Waals surface area contributed by atoms with E-state index in [1.807, 2.05) is 0 Å². The van der Waals surface area contributed by atoms with Gasteiger partial charge >= 0.3 is 11.9 Å². The van der Waals surface area contributed by atoms with E-state index in [-0.39, 0.29) is 17.7 Å². The van der Waals surface area contributed by atoms with E-state index < -0.39 is 11.9 Å². The zero-order valence-corrected chi connectivity index (χ0v) is 10.7. The topological polar surface area (TPSA) is 72.8 Å². The SMILES string of the molecule is CCOC(=O)CC#Cc1cccc(C(=O)O)c1OC. The lowest BCUT2D eigenvalue weighted by Gasteiger charge is -2.06. The minimum Gasteiger partial charge on any atom is -0.495 e. The molecule has 0 heterocycles. The van der Waals surface area contributed by atoms with Gasteiger partial charge in [0.15, 0.2) is 0 Å². The van der Waals surface area contributed by atoms with E-state index in [0.29, 0.717) is 12.2 Å². The number of hydrogen-bond acceptors (Lipinski definition) is 4. The molecular weight excluding hydrogens is 248 g/mol. The second-order valence-electron chi connectivity index (χ2n) is 3.48. The monoisotopic (exact) mass is 262 g/mol. The normalized spacial score (nSPS) is 9.16. The van der Waals surface area contributed by atoms with Crippen molar-refractivity contribution in [2.24, 2.45) is 0 Å². The Morgan fingerprint density at radius 3 is 2.68 bits per heavy atom. The Balaban J connectivity index is 2.96. The highest BCUT2D eigenvalue weighted by Gasteiger charge is 2.13. The number of esters is 1. The van der Waals surface area contributed by atoms with Crippen molar-refractivity contribution < 1.29 is 24.2 Å². The van der Waals surface area contributed by atoms with Gasteiger partial charge in [-0.1, -0.05) is 17.9 Å². The summed E-state index contributed by atoms with van der Waals surface area (Å²) in [6, 6.07) is 4.63.